The van der Waals surface area contributed by atoms with Crippen molar-refractivity contribution in [1.82, 2.24) is 15.0 Å². The number of halogens is 1. The van der Waals surface area contributed by atoms with Gasteiger partial charge in [0.2, 0.25) is 6.54 Å². The zero-order valence-electron chi connectivity index (χ0n) is 10.9. The molecule has 0 aliphatic heterocycles. The maximum Gasteiger partial charge on any atom is 0.230 e. The fourth-order valence-electron chi connectivity index (χ4n) is 2.27. The van der Waals surface area contributed by atoms with E-state index in [0.29, 0.717) is 10.5 Å². The fourth-order valence-corrected chi connectivity index (χ4v) is 2.39. The second kappa shape index (κ2) is 5.49. The molecule has 3 rings (SSSR count). The molecule has 3 aromatic rings. The van der Waals surface area contributed by atoms with Crippen molar-refractivity contribution in [2.75, 3.05) is 6.54 Å². The third kappa shape index (κ3) is 2.71. The van der Waals surface area contributed by atoms with Crippen LogP contribution in [-0.4, -0.2) is 26.5 Å². The van der Waals surface area contributed by atoms with Crippen LogP contribution in [0, 0.1) is 10.1 Å². The quantitative estimate of drug-likeness (QED) is 0.548. The SMILES string of the molecule is O=[N+]([O-])C[C@@H](c1ccc(Cl)cc1)n1nnc2ccccc21. The van der Waals surface area contributed by atoms with E-state index in [4.69, 9.17) is 11.6 Å². The van der Waals surface area contributed by atoms with Crippen molar-refractivity contribution in [3.8, 4) is 0 Å². The molecule has 0 aliphatic rings. The van der Waals surface area contributed by atoms with Gasteiger partial charge in [0.05, 0.1) is 5.52 Å². The summed E-state index contributed by atoms with van der Waals surface area (Å²) in [7, 11) is 0. The van der Waals surface area contributed by atoms with Crippen molar-refractivity contribution in [3.05, 3.63) is 69.2 Å². The first-order chi connectivity index (χ1) is 10.1. The maximum atomic E-state index is 11.0. The summed E-state index contributed by atoms with van der Waals surface area (Å²) >= 11 is 5.87. The van der Waals surface area contributed by atoms with E-state index in [0.717, 1.165) is 11.1 Å². The normalized spacial score (nSPS) is 12.4. The molecule has 1 aromatic heterocycles. The molecule has 6 nitrogen and oxygen atoms in total. The summed E-state index contributed by atoms with van der Waals surface area (Å²) in [4.78, 5) is 10.6. The topological polar surface area (TPSA) is 73.8 Å². The highest BCUT2D eigenvalue weighted by atomic mass is 35.5. The average molecular weight is 303 g/mol. The van der Waals surface area contributed by atoms with E-state index in [-0.39, 0.29) is 11.5 Å². The van der Waals surface area contributed by atoms with Crippen LogP contribution in [0.5, 0.6) is 0 Å². The van der Waals surface area contributed by atoms with Crippen molar-refractivity contribution in [1.29, 1.82) is 0 Å². The van der Waals surface area contributed by atoms with Crippen LogP contribution in [0.2, 0.25) is 5.02 Å². The summed E-state index contributed by atoms with van der Waals surface area (Å²) in [6, 6.07) is 13.8. The summed E-state index contributed by atoms with van der Waals surface area (Å²) in [5, 5.41) is 19.7. The molecule has 0 saturated carbocycles. The molecule has 7 heteroatoms. The Morgan fingerprint density at radius 1 is 1.19 bits per heavy atom. The lowest BCUT2D eigenvalue weighted by atomic mass is 10.1. The number of benzene rings is 2. The predicted molar refractivity (Wildman–Crippen MR) is 79.0 cm³/mol. The van der Waals surface area contributed by atoms with Gasteiger partial charge in [0.15, 0.2) is 0 Å². The van der Waals surface area contributed by atoms with Gasteiger partial charge in [0.25, 0.3) is 0 Å². The summed E-state index contributed by atoms with van der Waals surface area (Å²) in [6.07, 6.45) is 0. The van der Waals surface area contributed by atoms with Crippen LogP contribution in [0.1, 0.15) is 11.6 Å². The lowest BCUT2D eigenvalue weighted by Crippen LogP contribution is -2.21. The Morgan fingerprint density at radius 3 is 2.62 bits per heavy atom. The van der Waals surface area contributed by atoms with Crippen LogP contribution in [-0.2, 0) is 0 Å². The first-order valence-corrected chi connectivity index (χ1v) is 6.70. The van der Waals surface area contributed by atoms with Crippen LogP contribution in [0.25, 0.3) is 11.0 Å². The Kier molecular flexibility index (Phi) is 3.53. The van der Waals surface area contributed by atoms with Crippen LogP contribution in [0.15, 0.2) is 48.5 Å². The van der Waals surface area contributed by atoms with E-state index in [1.165, 1.54) is 0 Å². The molecule has 2 aromatic carbocycles. The summed E-state index contributed by atoms with van der Waals surface area (Å²) in [5.74, 6) is 0. The molecule has 0 amide bonds. The van der Waals surface area contributed by atoms with E-state index < -0.39 is 6.04 Å². The summed E-state index contributed by atoms with van der Waals surface area (Å²) < 4.78 is 1.58. The van der Waals surface area contributed by atoms with Crippen LogP contribution in [0.4, 0.5) is 0 Å². The van der Waals surface area contributed by atoms with E-state index in [1.54, 1.807) is 28.9 Å². The van der Waals surface area contributed by atoms with Gasteiger partial charge in [-0.3, -0.25) is 10.1 Å². The van der Waals surface area contributed by atoms with Crippen molar-refractivity contribution in [2.24, 2.45) is 0 Å². The standard InChI is InChI=1S/C14H11ClN4O2/c15-11-7-5-10(6-8-11)14(9-18(20)21)19-13-4-2-1-3-12(13)16-17-19/h1-8,14H,9H2/t14-/m0/s1. The number of nitrogens with zero attached hydrogens (tertiary/aromatic N) is 4. The van der Waals surface area contributed by atoms with Gasteiger partial charge < -0.3 is 0 Å². The molecule has 0 radical (unpaired) electrons. The Labute approximate surface area is 125 Å². The number of hydrogen-bond acceptors (Lipinski definition) is 4. The minimum Gasteiger partial charge on any atom is -0.264 e. The van der Waals surface area contributed by atoms with E-state index in [9.17, 15) is 10.1 Å². The highest BCUT2D eigenvalue weighted by molar-refractivity contribution is 6.30. The number of hydrogen-bond donors (Lipinski definition) is 0. The second-order valence-electron chi connectivity index (χ2n) is 4.61. The Morgan fingerprint density at radius 2 is 1.90 bits per heavy atom. The van der Waals surface area contributed by atoms with Crippen molar-refractivity contribution in [3.63, 3.8) is 0 Å². The molecule has 0 aliphatic carbocycles. The fraction of sp³-hybridized carbons (Fsp3) is 0.143. The zero-order chi connectivity index (χ0) is 14.8. The van der Waals surface area contributed by atoms with Crippen LogP contribution < -0.4 is 0 Å². The molecular formula is C14H11ClN4O2. The van der Waals surface area contributed by atoms with Gasteiger partial charge in [-0.05, 0) is 29.8 Å². The maximum absolute atomic E-state index is 11.0. The van der Waals surface area contributed by atoms with Crippen LogP contribution in [0.3, 0.4) is 0 Å². The molecule has 0 saturated heterocycles. The van der Waals surface area contributed by atoms with Crippen molar-refractivity contribution < 1.29 is 4.92 Å². The van der Waals surface area contributed by atoms with Gasteiger partial charge >= 0.3 is 0 Å². The molecule has 21 heavy (non-hydrogen) atoms. The minimum absolute atomic E-state index is 0.269. The lowest BCUT2D eigenvalue weighted by molar-refractivity contribution is -0.484. The molecule has 0 N–H and O–H groups in total. The number of fused-ring (bicyclic) bond motifs is 1. The molecule has 1 heterocycles. The average Bonchev–Trinajstić information content (AvgIpc) is 2.89. The van der Waals surface area contributed by atoms with E-state index in [2.05, 4.69) is 10.3 Å². The molecule has 0 fully saturated rings. The minimum atomic E-state index is -0.523. The van der Waals surface area contributed by atoms with Crippen molar-refractivity contribution >= 4 is 22.6 Å². The van der Waals surface area contributed by atoms with Gasteiger partial charge in [-0.2, -0.15) is 0 Å². The number of rotatable bonds is 4. The third-order valence-electron chi connectivity index (χ3n) is 3.25. The highest BCUT2D eigenvalue weighted by Gasteiger charge is 2.23. The summed E-state index contributed by atoms with van der Waals surface area (Å²) in [5.41, 5.74) is 2.24. The van der Waals surface area contributed by atoms with Crippen molar-refractivity contribution in [2.45, 2.75) is 6.04 Å². The Bertz CT molecular complexity index is 785. The molecule has 106 valence electrons. The first kappa shape index (κ1) is 13.5. The molecule has 1 atom stereocenters. The molecular weight excluding hydrogens is 292 g/mol. The van der Waals surface area contributed by atoms with E-state index in [1.807, 2.05) is 24.3 Å². The Balaban J connectivity index is 2.11. The van der Waals surface area contributed by atoms with Crippen LogP contribution >= 0.6 is 11.6 Å². The van der Waals surface area contributed by atoms with Gasteiger partial charge in [-0.1, -0.05) is 41.1 Å². The molecule has 0 bridgehead atoms. The van der Waals surface area contributed by atoms with Gasteiger partial charge in [0.1, 0.15) is 11.6 Å². The van der Waals surface area contributed by atoms with Gasteiger partial charge in [-0.25, -0.2) is 4.68 Å². The summed E-state index contributed by atoms with van der Waals surface area (Å²) in [6.45, 7) is -0.269. The van der Waals surface area contributed by atoms with E-state index >= 15 is 0 Å². The highest BCUT2D eigenvalue weighted by Crippen LogP contribution is 2.23. The number of aromatic nitrogens is 3. The predicted octanol–water partition coefficient (Wildman–Crippen LogP) is 2.95. The third-order valence-corrected chi connectivity index (χ3v) is 3.50. The zero-order valence-corrected chi connectivity index (χ0v) is 11.6. The first-order valence-electron chi connectivity index (χ1n) is 6.32. The number of para-hydroxylation sites is 1. The number of nitro groups is 1. The molecule has 0 spiro atoms. The molecule has 0 unspecified atom stereocenters. The second-order valence-corrected chi connectivity index (χ2v) is 5.04. The smallest absolute Gasteiger partial charge is 0.230 e. The monoisotopic (exact) mass is 302 g/mol. The van der Waals surface area contributed by atoms with Gasteiger partial charge in [0, 0.05) is 9.95 Å². The largest absolute Gasteiger partial charge is 0.264 e. The lowest BCUT2D eigenvalue weighted by Gasteiger charge is -2.14. The van der Waals surface area contributed by atoms with Gasteiger partial charge in [-0.15, -0.1) is 5.10 Å². The Hall–Kier alpha value is -2.47.